The number of benzene rings is 1. The Hall–Kier alpha value is -2.98. The molecule has 190 valence electrons. The first-order valence-corrected chi connectivity index (χ1v) is 14.5. The van der Waals surface area contributed by atoms with Crippen molar-refractivity contribution in [3.8, 4) is 0 Å². The molecular weight excluding hydrogens is 474 g/mol. The Balaban J connectivity index is 1.03. The maximum Gasteiger partial charge on any atom is 0.227 e. The van der Waals surface area contributed by atoms with Crippen LogP contribution in [0.15, 0.2) is 42.6 Å². The number of anilines is 3. The number of nitrogens with one attached hydrogen (secondary N) is 3. The number of rotatable bonds is 8. The molecule has 3 aliphatic rings. The second kappa shape index (κ2) is 9.48. The molecule has 6 rings (SSSR count). The molecule has 3 aromatic rings. The number of fused-ring (bicyclic) bond motifs is 1. The van der Waals surface area contributed by atoms with Crippen LogP contribution in [0.4, 0.5) is 17.6 Å². The minimum absolute atomic E-state index is 0.0161. The molecule has 0 bridgehead atoms. The van der Waals surface area contributed by atoms with Crippen LogP contribution in [0.1, 0.15) is 61.3 Å². The van der Waals surface area contributed by atoms with Crippen LogP contribution >= 0.6 is 0 Å². The lowest BCUT2D eigenvalue weighted by atomic mass is 9.91. The van der Waals surface area contributed by atoms with Crippen molar-refractivity contribution >= 4 is 27.6 Å². The van der Waals surface area contributed by atoms with E-state index in [1.165, 1.54) is 18.5 Å². The Bertz CT molecular complexity index is 1300. The summed E-state index contributed by atoms with van der Waals surface area (Å²) in [5.41, 5.74) is 3.49. The first-order chi connectivity index (χ1) is 17.4. The van der Waals surface area contributed by atoms with Gasteiger partial charge >= 0.3 is 0 Å². The van der Waals surface area contributed by atoms with E-state index in [0.717, 1.165) is 42.6 Å². The van der Waals surface area contributed by atoms with E-state index in [2.05, 4.69) is 36.2 Å². The second-order valence-electron chi connectivity index (χ2n) is 10.4. The molecule has 0 atom stereocenters. The smallest absolute Gasteiger partial charge is 0.227 e. The van der Waals surface area contributed by atoms with Crippen LogP contribution in [0.2, 0.25) is 0 Å². The summed E-state index contributed by atoms with van der Waals surface area (Å²) in [7, 11) is -1.34. The highest BCUT2D eigenvalue weighted by Gasteiger charge is 2.35. The standard InChI is InChI=1S/C26H33N7O2S/c1-33(26-27-13-12-24(29-26)28-25-16-23(30-31-25)17-6-7-17)21-10-8-20(9-11-21)32-36(34,35)22-14-18-4-2-3-5-19(18)15-22/h2-5,12-13,16-17,20-22,32H,6-11,14-15H2,1H3,(H2,27,28,29,30,31). The van der Waals surface area contributed by atoms with Gasteiger partial charge in [0.1, 0.15) is 5.82 Å². The number of aromatic nitrogens is 4. The van der Waals surface area contributed by atoms with Gasteiger partial charge in [-0.25, -0.2) is 18.1 Å². The summed E-state index contributed by atoms with van der Waals surface area (Å²) in [5.74, 6) is 2.75. The van der Waals surface area contributed by atoms with Crippen molar-refractivity contribution in [1.29, 1.82) is 0 Å². The third kappa shape index (κ3) is 4.97. The lowest BCUT2D eigenvalue weighted by molar-refractivity contribution is 0.362. The molecule has 10 heteroatoms. The van der Waals surface area contributed by atoms with E-state index in [1.54, 1.807) is 6.20 Å². The zero-order chi connectivity index (χ0) is 24.7. The lowest BCUT2D eigenvalue weighted by Gasteiger charge is -2.35. The van der Waals surface area contributed by atoms with Crippen molar-refractivity contribution in [1.82, 2.24) is 24.9 Å². The number of aromatic amines is 1. The summed E-state index contributed by atoms with van der Waals surface area (Å²) in [6.45, 7) is 0. The van der Waals surface area contributed by atoms with Crippen LogP contribution in [-0.2, 0) is 22.9 Å². The molecule has 3 N–H and O–H groups in total. The van der Waals surface area contributed by atoms with Gasteiger partial charge in [-0.3, -0.25) is 5.10 Å². The summed E-state index contributed by atoms with van der Waals surface area (Å²) in [4.78, 5) is 11.3. The van der Waals surface area contributed by atoms with E-state index in [1.807, 2.05) is 37.4 Å². The molecule has 0 saturated heterocycles. The molecule has 36 heavy (non-hydrogen) atoms. The Morgan fingerprint density at radius 2 is 1.69 bits per heavy atom. The van der Waals surface area contributed by atoms with E-state index in [-0.39, 0.29) is 17.3 Å². The summed E-state index contributed by atoms with van der Waals surface area (Å²) >= 11 is 0. The summed E-state index contributed by atoms with van der Waals surface area (Å²) in [5, 5.41) is 10.4. The van der Waals surface area contributed by atoms with Crippen molar-refractivity contribution in [2.75, 3.05) is 17.3 Å². The van der Waals surface area contributed by atoms with E-state index in [0.29, 0.717) is 30.5 Å². The molecule has 0 spiro atoms. The van der Waals surface area contributed by atoms with Gasteiger partial charge in [-0.05, 0) is 68.6 Å². The van der Waals surface area contributed by atoms with Crippen LogP contribution in [0.25, 0.3) is 0 Å². The van der Waals surface area contributed by atoms with E-state index in [9.17, 15) is 8.42 Å². The predicted molar refractivity (Wildman–Crippen MR) is 140 cm³/mol. The Morgan fingerprint density at radius 1 is 0.972 bits per heavy atom. The highest BCUT2D eigenvalue weighted by molar-refractivity contribution is 7.90. The SMILES string of the molecule is CN(c1nccc(Nc2cc(C3CC3)[nH]n2)n1)C1CCC(NS(=O)(=O)C2Cc3ccccc3C2)CC1. The van der Waals surface area contributed by atoms with Gasteiger partial charge in [0.15, 0.2) is 5.82 Å². The van der Waals surface area contributed by atoms with Gasteiger partial charge in [-0.2, -0.15) is 10.1 Å². The van der Waals surface area contributed by atoms with E-state index >= 15 is 0 Å². The average Bonchev–Trinajstić information content (AvgIpc) is 3.46. The topological polar surface area (TPSA) is 116 Å². The number of hydrogen-bond acceptors (Lipinski definition) is 7. The molecule has 0 amide bonds. The molecule has 9 nitrogen and oxygen atoms in total. The molecular formula is C26H33N7O2S. The Labute approximate surface area is 212 Å². The van der Waals surface area contributed by atoms with Crippen molar-refractivity contribution < 1.29 is 8.42 Å². The molecule has 0 radical (unpaired) electrons. The van der Waals surface area contributed by atoms with Gasteiger partial charge in [0, 0.05) is 43.0 Å². The third-order valence-corrected chi connectivity index (χ3v) is 9.73. The fraction of sp³-hybridized carbons (Fsp3) is 0.500. The van der Waals surface area contributed by atoms with Crippen LogP contribution in [-0.4, -0.2) is 53.0 Å². The zero-order valence-electron chi connectivity index (χ0n) is 20.5. The van der Waals surface area contributed by atoms with Crippen molar-refractivity contribution in [2.24, 2.45) is 0 Å². The van der Waals surface area contributed by atoms with Crippen molar-refractivity contribution in [3.05, 3.63) is 59.4 Å². The van der Waals surface area contributed by atoms with Gasteiger partial charge in [-0.1, -0.05) is 24.3 Å². The van der Waals surface area contributed by atoms with E-state index in [4.69, 9.17) is 4.98 Å². The zero-order valence-corrected chi connectivity index (χ0v) is 21.3. The van der Waals surface area contributed by atoms with Crippen LogP contribution < -0.4 is 14.9 Å². The number of H-pyrrole nitrogens is 1. The maximum atomic E-state index is 13.1. The largest absolute Gasteiger partial charge is 0.341 e. The summed E-state index contributed by atoms with van der Waals surface area (Å²) in [6, 6.07) is 12.2. The first kappa shape index (κ1) is 23.4. The van der Waals surface area contributed by atoms with Crippen LogP contribution in [0.5, 0.6) is 0 Å². The molecule has 3 aliphatic carbocycles. The van der Waals surface area contributed by atoms with Gasteiger partial charge in [0.05, 0.1) is 5.25 Å². The van der Waals surface area contributed by atoms with Gasteiger partial charge < -0.3 is 10.2 Å². The molecule has 2 aromatic heterocycles. The molecule has 2 saturated carbocycles. The minimum Gasteiger partial charge on any atom is -0.341 e. The molecule has 2 heterocycles. The summed E-state index contributed by atoms with van der Waals surface area (Å²) in [6.07, 6.45) is 8.81. The lowest BCUT2D eigenvalue weighted by Crippen LogP contribution is -2.46. The third-order valence-electron chi connectivity index (χ3n) is 7.86. The Kier molecular flexibility index (Phi) is 6.17. The fourth-order valence-corrected chi connectivity index (χ4v) is 7.22. The molecule has 0 aliphatic heterocycles. The molecule has 0 unspecified atom stereocenters. The number of hydrogen-bond donors (Lipinski definition) is 3. The highest BCUT2D eigenvalue weighted by atomic mass is 32.2. The average molecular weight is 508 g/mol. The minimum atomic E-state index is -3.36. The normalized spacial score (nSPS) is 22.4. The maximum absolute atomic E-state index is 13.1. The van der Waals surface area contributed by atoms with Crippen LogP contribution in [0.3, 0.4) is 0 Å². The molecule has 2 fully saturated rings. The highest BCUT2D eigenvalue weighted by Crippen LogP contribution is 2.39. The second-order valence-corrected chi connectivity index (χ2v) is 12.4. The number of sulfonamides is 1. The van der Waals surface area contributed by atoms with Gasteiger partial charge in [-0.15, -0.1) is 0 Å². The Morgan fingerprint density at radius 3 is 2.39 bits per heavy atom. The van der Waals surface area contributed by atoms with Crippen molar-refractivity contribution in [3.63, 3.8) is 0 Å². The van der Waals surface area contributed by atoms with Gasteiger partial charge in [0.25, 0.3) is 0 Å². The molecule has 1 aromatic carbocycles. The number of nitrogens with zero attached hydrogens (tertiary/aromatic N) is 4. The van der Waals surface area contributed by atoms with Gasteiger partial charge in [0.2, 0.25) is 16.0 Å². The van der Waals surface area contributed by atoms with Crippen LogP contribution in [0, 0.1) is 0 Å². The summed E-state index contributed by atoms with van der Waals surface area (Å²) < 4.78 is 29.2. The quantitative estimate of drug-likeness (QED) is 0.426. The van der Waals surface area contributed by atoms with Crippen molar-refractivity contribution in [2.45, 2.75) is 74.6 Å². The fourth-order valence-electron chi connectivity index (χ4n) is 5.53. The predicted octanol–water partition coefficient (Wildman–Crippen LogP) is 3.65. The monoisotopic (exact) mass is 507 g/mol. The van der Waals surface area contributed by atoms with E-state index < -0.39 is 10.0 Å². The first-order valence-electron chi connectivity index (χ1n) is 12.9.